The molecule has 1 unspecified atom stereocenters. The predicted molar refractivity (Wildman–Crippen MR) is 76.2 cm³/mol. The van der Waals surface area contributed by atoms with Gasteiger partial charge in [0, 0.05) is 25.9 Å². The minimum atomic E-state index is -0.872. The Morgan fingerprint density at radius 2 is 1.70 bits per heavy atom. The van der Waals surface area contributed by atoms with E-state index in [1.807, 2.05) is 27.7 Å². The van der Waals surface area contributed by atoms with E-state index < -0.39 is 12.0 Å². The third kappa shape index (κ3) is 6.54. The third-order valence-corrected chi connectivity index (χ3v) is 2.99. The van der Waals surface area contributed by atoms with Gasteiger partial charge in [0.2, 0.25) is 11.8 Å². The fourth-order valence-corrected chi connectivity index (χ4v) is 1.93. The SMILES string of the molecule is CC(=O)NC(C(=O)N(CCCC(=O)O)C(C)C)C(C)C. The molecule has 20 heavy (non-hydrogen) atoms. The summed E-state index contributed by atoms with van der Waals surface area (Å²) in [7, 11) is 0. The van der Waals surface area contributed by atoms with E-state index in [1.165, 1.54) is 6.92 Å². The molecule has 0 aromatic carbocycles. The molecular weight excluding hydrogens is 260 g/mol. The summed E-state index contributed by atoms with van der Waals surface area (Å²) in [6.07, 6.45) is 0.438. The first-order valence-electron chi connectivity index (χ1n) is 6.96. The lowest BCUT2D eigenvalue weighted by Gasteiger charge is -2.32. The second-order valence-electron chi connectivity index (χ2n) is 5.54. The van der Waals surface area contributed by atoms with Crippen LogP contribution in [0.4, 0.5) is 0 Å². The van der Waals surface area contributed by atoms with Crippen molar-refractivity contribution in [2.75, 3.05) is 6.54 Å². The predicted octanol–water partition coefficient (Wildman–Crippen LogP) is 1.25. The topological polar surface area (TPSA) is 86.7 Å². The maximum atomic E-state index is 12.5. The standard InChI is InChI=1S/C14H26N2O4/c1-9(2)13(15-11(5)17)14(20)16(10(3)4)8-6-7-12(18)19/h9-10,13H,6-8H2,1-5H3,(H,15,17)(H,18,19). The van der Waals surface area contributed by atoms with Crippen molar-refractivity contribution in [3.8, 4) is 0 Å². The van der Waals surface area contributed by atoms with Gasteiger partial charge < -0.3 is 15.3 Å². The molecular formula is C14H26N2O4. The van der Waals surface area contributed by atoms with Gasteiger partial charge in [-0.1, -0.05) is 13.8 Å². The Morgan fingerprint density at radius 3 is 2.05 bits per heavy atom. The number of rotatable bonds is 8. The Morgan fingerprint density at radius 1 is 1.15 bits per heavy atom. The van der Waals surface area contributed by atoms with Gasteiger partial charge in [0.15, 0.2) is 0 Å². The molecule has 0 saturated carbocycles. The van der Waals surface area contributed by atoms with Crippen LogP contribution in [0.5, 0.6) is 0 Å². The van der Waals surface area contributed by atoms with Crippen LogP contribution in [-0.4, -0.2) is 46.4 Å². The van der Waals surface area contributed by atoms with Crippen molar-refractivity contribution in [3.05, 3.63) is 0 Å². The Hall–Kier alpha value is -1.59. The molecule has 0 aromatic heterocycles. The van der Waals surface area contributed by atoms with Gasteiger partial charge in [-0.25, -0.2) is 0 Å². The van der Waals surface area contributed by atoms with E-state index >= 15 is 0 Å². The molecule has 2 amide bonds. The summed E-state index contributed by atoms with van der Waals surface area (Å²) in [5.74, 6) is -1.29. The first-order valence-corrected chi connectivity index (χ1v) is 6.96. The van der Waals surface area contributed by atoms with E-state index in [9.17, 15) is 14.4 Å². The second-order valence-corrected chi connectivity index (χ2v) is 5.54. The number of hydrogen-bond donors (Lipinski definition) is 2. The van der Waals surface area contributed by atoms with Crippen LogP contribution in [0, 0.1) is 5.92 Å². The first-order chi connectivity index (χ1) is 9.16. The number of amides is 2. The van der Waals surface area contributed by atoms with Crippen LogP contribution < -0.4 is 5.32 Å². The highest BCUT2D eigenvalue weighted by Crippen LogP contribution is 2.11. The quantitative estimate of drug-likeness (QED) is 0.703. The van der Waals surface area contributed by atoms with Crippen LogP contribution in [0.15, 0.2) is 0 Å². The van der Waals surface area contributed by atoms with Crippen molar-refractivity contribution in [2.45, 2.75) is 59.5 Å². The fraction of sp³-hybridized carbons (Fsp3) is 0.786. The van der Waals surface area contributed by atoms with Crippen LogP contribution in [0.3, 0.4) is 0 Å². The molecule has 0 saturated heterocycles. The maximum Gasteiger partial charge on any atom is 0.303 e. The molecule has 0 radical (unpaired) electrons. The Balaban J connectivity index is 4.82. The van der Waals surface area contributed by atoms with Crippen molar-refractivity contribution < 1.29 is 19.5 Å². The summed E-state index contributed by atoms with van der Waals surface area (Å²) in [6.45, 7) is 9.26. The van der Waals surface area contributed by atoms with E-state index in [0.29, 0.717) is 13.0 Å². The molecule has 0 fully saturated rings. The van der Waals surface area contributed by atoms with E-state index in [1.54, 1.807) is 4.90 Å². The molecule has 0 aliphatic heterocycles. The summed E-state index contributed by atoms with van der Waals surface area (Å²) in [4.78, 5) is 35.9. The summed E-state index contributed by atoms with van der Waals surface area (Å²) in [6, 6.07) is -0.606. The monoisotopic (exact) mass is 286 g/mol. The van der Waals surface area contributed by atoms with E-state index in [0.717, 1.165) is 0 Å². The lowest BCUT2D eigenvalue weighted by atomic mass is 10.0. The summed E-state index contributed by atoms with van der Waals surface area (Å²) < 4.78 is 0. The van der Waals surface area contributed by atoms with Crippen LogP contribution in [0.1, 0.15) is 47.5 Å². The lowest BCUT2D eigenvalue weighted by molar-refractivity contribution is -0.140. The zero-order valence-electron chi connectivity index (χ0n) is 13.0. The van der Waals surface area contributed by atoms with Gasteiger partial charge in [-0.15, -0.1) is 0 Å². The fourth-order valence-electron chi connectivity index (χ4n) is 1.93. The van der Waals surface area contributed by atoms with Gasteiger partial charge >= 0.3 is 5.97 Å². The number of carboxylic acids is 1. The molecule has 6 nitrogen and oxygen atoms in total. The van der Waals surface area contributed by atoms with E-state index in [4.69, 9.17) is 5.11 Å². The molecule has 0 spiro atoms. The third-order valence-electron chi connectivity index (χ3n) is 2.99. The van der Waals surface area contributed by atoms with E-state index in [-0.39, 0.29) is 30.2 Å². The zero-order chi connectivity index (χ0) is 15.9. The highest BCUT2D eigenvalue weighted by molar-refractivity contribution is 5.87. The van der Waals surface area contributed by atoms with E-state index in [2.05, 4.69) is 5.32 Å². The first kappa shape index (κ1) is 18.4. The van der Waals surface area contributed by atoms with Crippen LogP contribution in [0.25, 0.3) is 0 Å². The van der Waals surface area contributed by atoms with Gasteiger partial charge in [-0.05, 0) is 26.2 Å². The largest absolute Gasteiger partial charge is 0.481 e. The second kappa shape index (κ2) is 8.55. The number of carbonyl (C=O) groups excluding carboxylic acids is 2. The number of carboxylic acid groups (broad SMARTS) is 1. The average molecular weight is 286 g/mol. The number of nitrogens with zero attached hydrogens (tertiary/aromatic N) is 1. The number of carbonyl (C=O) groups is 3. The van der Waals surface area contributed by atoms with Crippen molar-refractivity contribution >= 4 is 17.8 Å². The van der Waals surface area contributed by atoms with Gasteiger partial charge in [0.25, 0.3) is 0 Å². The maximum absolute atomic E-state index is 12.5. The Kier molecular flexibility index (Phi) is 7.87. The van der Waals surface area contributed by atoms with Crippen LogP contribution in [-0.2, 0) is 14.4 Å². The van der Waals surface area contributed by atoms with Crippen molar-refractivity contribution in [1.82, 2.24) is 10.2 Å². The Bertz CT molecular complexity index is 353. The Labute approximate surface area is 120 Å². The van der Waals surface area contributed by atoms with Crippen molar-refractivity contribution in [1.29, 1.82) is 0 Å². The lowest BCUT2D eigenvalue weighted by Crippen LogP contribution is -2.52. The molecule has 2 N–H and O–H groups in total. The highest BCUT2D eigenvalue weighted by atomic mass is 16.4. The van der Waals surface area contributed by atoms with Crippen molar-refractivity contribution in [2.24, 2.45) is 5.92 Å². The number of hydrogen-bond acceptors (Lipinski definition) is 3. The van der Waals surface area contributed by atoms with Crippen LogP contribution >= 0.6 is 0 Å². The normalized spacial score (nSPS) is 12.3. The van der Waals surface area contributed by atoms with Gasteiger partial charge in [-0.2, -0.15) is 0 Å². The highest BCUT2D eigenvalue weighted by Gasteiger charge is 2.29. The molecule has 0 aromatic rings. The molecule has 1 atom stereocenters. The van der Waals surface area contributed by atoms with Gasteiger partial charge in [0.1, 0.15) is 6.04 Å². The molecule has 6 heteroatoms. The molecule has 0 heterocycles. The smallest absolute Gasteiger partial charge is 0.303 e. The van der Waals surface area contributed by atoms with Gasteiger partial charge in [-0.3, -0.25) is 14.4 Å². The number of aliphatic carboxylic acids is 1. The summed E-state index contributed by atoms with van der Waals surface area (Å²) in [5.41, 5.74) is 0. The molecule has 0 rings (SSSR count). The molecule has 116 valence electrons. The minimum Gasteiger partial charge on any atom is -0.481 e. The average Bonchev–Trinajstić information content (AvgIpc) is 2.29. The molecule has 0 bridgehead atoms. The minimum absolute atomic E-state index is 0.0212. The zero-order valence-corrected chi connectivity index (χ0v) is 13.0. The summed E-state index contributed by atoms with van der Waals surface area (Å²) >= 11 is 0. The molecule has 0 aliphatic carbocycles. The summed E-state index contributed by atoms with van der Waals surface area (Å²) in [5, 5.41) is 11.3. The van der Waals surface area contributed by atoms with Crippen molar-refractivity contribution in [3.63, 3.8) is 0 Å². The van der Waals surface area contributed by atoms with Crippen LogP contribution in [0.2, 0.25) is 0 Å². The number of nitrogens with one attached hydrogen (secondary N) is 1. The van der Waals surface area contributed by atoms with Gasteiger partial charge in [0.05, 0.1) is 0 Å². The molecule has 0 aliphatic rings.